The maximum atomic E-state index is 13.2. The lowest BCUT2D eigenvalue weighted by molar-refractivity contribution is 0.0258. The zero-order valence-electron chi connectivity index (χ0n) is 14.7. The third-order valence-electron chi connectivity index (χ3n) is 3.50. The van der Waals surface area contributed by atoms with E-state index in [-0.39, 0.29) is 11.9 Å². The van der Waals surface area contributed by atoms with Crippen LogP contribution in [0.25, 0.3) is 0 Å². The molecule has 1 rings (SSSR count). The molecule has 1 unspecified atom stereocenters. The summed E-state index contributed by atoms with van der Waals surface area (Å²) in [4.78, 5) is 4.50. The van der Waals surface area contributed by atoms with Crippen molar-refractivity contribution in [3.63, 3.8) is 0 Å². The average molecular weight is 323 g/mol. The third-order valence-corrected chi connectivity index (χ3v) is 3.50. The molecule has 0 saturated carbocycles. The van der Waals surface area contributed by atoms with E-state index in [2.05, 4.69) is 29.5 Å². The zero-order valence-corrected chi connectivity index (χ0v) is 14.7. The van der Waals surface area contributed by atoms with Crippen molar-refractivity contribution in [1.82, 2.24) is 10.6 Å². The SMILES string of the molecule is CCNC(=NCc1cccc(F)c1)NCCC(OCC)C(C)C. The molecule has 0 heterocycles. The smallest absolute Gasteiger partial charge is 0.191 e. The highest BCUT2D eigenvalue weighted by molar-refractivity contribution is 5.79. The summed E-state index contributed by atoms with van der Waals surface area (Å²) < 4.78 is 18.9. The Labute approximate surface area is 139 Å². The van der Waals surface area contributed by atoms with Crippen molar-refractivity contribution >= 4 is 5.96 Å². The Morgan fingerprint density at radius 3 is 2.65 bits per heavy atom. The second-order valence-electron chi connectivity index (χ2n) is 5.78. The Kier molecular flexibility index (Phi) is 9.29. The van der Waals surface area contributed by atoms with Gasteiger partial charge in [0.2, 0.25) is 0 Å². The molecule has 0 saturated heterocycles. The van der Waals surface area contributed by atoms with Crippen molar-refractivity contribution in [1.29, 1.82) is 0 Å². The fourth-order valence-electron chi connectivity index (χ4n) is 2.30. The van der Waals surface area contributed by atoms with E-state index in [1.807, 2.05) is 19.9 Å². The summed E-state index contributed by atoms with van der Waals surface area (Å²) in [6.07, 6.45) is 1.18. The maximum absolute atomic E-state index is 13.2. The molecule has 0 aliphatic rings. The Morgan fingerprint density at radius 1 is 1.26 bits per heavy atom. The number of hydrogen-bond acceptors (Lipinski definition) is 2. The molecule has 1 aromatic carbocycles. The number of rotatable bonds is 9. The number of ether oxygens (including phenoxy) is 1. The quantitative estimate of drug-likeness (QED) is 0.541. The van der Waals surface area contributed by atoms with E-state index in [1.54, 1.807) is 6.07 Å². The lowest BCUT2D eigenvalue weighted by atomic mass is 10.0. The van der Waals surface area contributed by atoms with E-state index in [9.17, 15) is 4.39 Å². The largest absolute Gasteiger partial charge is 0.378 e. The molecule has 1 aromatic rings. The minimum atomic E-state index is -0.229. The van der Waals surface area contributed by atoms with Gasteiger partial charge in [-0.15, -0.1) is 0 Å². The summed E-state index contributed by atoms with van der Waals surface area (Å²) in [5.41, 5.74) is 0.858. The summed E-state index contributed by atoms with van der Waals surface area (Å²) in [7, 11) is 0. The first kappa shape index (κ1) is 19.4. The maximum Gasteiger partial charge on any atom is 0.191 e. The van der Waals surface area contributed by atoms with Gasteiger partial charge in [0.25, 0.3) is 0 Å². The minimum Gasteiger partial charge on any atom is -0.378 e. The van der Waals surface area contributed by atoms with Crippen LogP contribution in [0.5, 0.6) is 0 Å². The fourth-order valence-corrected chi connectivity index (χ4v) is 2.30. The molecule has 2 N–H and O–H groups in total. The summed E-state index contributed by atoms with van der Waals surface area (Å²) in [6, 6.07) is 6.53. The number of aliphatic imine (C=N–C) groups is 1. The average Bonchev–Trinajstić information content (AvgIpc) is 2.51. The van der Waals surface area contributed by atoms with Crippen LogP contribution < -0.4 is 10.6 Å². The van der Waals surface area contributed by atoms with Gasteiger partial charge in [-0.2, -0.15) is 0 Å². The molecule has 130 valence electrons. The first-order valence-electron chi connectivity index (χ1n) is 8.45. The van der Waals surface area contributed by atoms with Gasteiger partial charge in [0.1, 0.15) is 5.82 Å². The molecular formula is C18H30FN3O. The molecule has 23 heavy (non-hydrogen) atoms. The summed E-state index contributed by atoms with van der Waals surface area (Å²) >= 11 is 0. The van der Waals surface area contributed by atoms with Crippen LogP contribution in [-0.2, 0) is 11.3 Å². The molecule has 0 aromatic heterocycles. The predicted molar refractivity (Wildman–Crippen MR) is 94.1 cm³/mol. The van der Waals surface area contributed by atoms with E-state index < -0.39 is 0 Å². The van der Waals surface area contributed by atoms with E-state index in [1.165, 1.54) is 12.1 Å². The van der Waals surface area contributed by atoms with Crippen molar-refractivity contribution in [3.05, 3.63) is 35.6 Å². The molecule has 0 amide bonds. The topological polar surface area (TPSA) is 45.7 Å². The van der Waals surface area contributed by atoms with E-state index >= 15 is 0 Å². The van der Waals surface area contributed by atoms with Gasteiger partial charge in [0.05, 0.1) is 12.6 Å². The zero-order chi connectivity index (χ0) is 17.1. The molecule has 0 aliphatic heterocycles. The molecule has 0 fully saturated rings. The first-order chi connectivity index (χ1) is 11.1. The van der Waals surface area contributed by atoms with Crippen LogP contribution in [0, 0.1) is 11.7 Å². The summed E-state index contributed by atoms with van der Waals surface area (Å²) in [5, 5.41) is 6.52. The van der Waals surface area contributed by atoms with Gasteiger partial charge in [0, 0.05) is 19.7 Å². The van der Waals surface area contributed by atoms with Crippen molar-refractivity contribution in [2.24, 2.45) is 10.9 Å². The van der Waals surface area contributed by atoms with Crippen molar-refractivity contribution in [2.75, 3.05) is 19.7 Å². The third kappa shape index (κ3) is 7.98. The highest BCUT2D eigenvalue weighted by atomic mass is 19.1. The lowest BCUT2D eigenvalue weighted by Gasteiger charge is -2.21. The molecule has 0 radical (unpaired) electrons. The molecule has 4 nitrogen and oxygen atoms in total. The lowest BCUT2D eigenvalue weighted by Crippen LogP contribution is -2.39. The summed E-state index contributed by atoms with van der Waals surface area (Å²) in [5.74, 6) is 1.01. The standard InChI is InChI=1S/C18H30FN3O/c1-5-20-18(21-11-10-17(14(3)4)23-6-2)22-13-15-8-7-9-16(19)12-15/h7-9,12,14,17H,5-6,10-11,13H2,1-4H3,(H2,20,21,22). The molecule has 0 spiro atoms. The highest BCUT2D eigenvalue weighted by Gasteiger charge is 2.12. The fraction of sp³-hybridized carbons (Fsp3) is 0.611. The molecule has 5 heteroatoms. The van der Waals surface area contributed by atoms with E-state index in [4.69, 9.17) is 4.74 Å². The summed E-state index contributed by atoms with van der Waals surface area (Å²) in [6.45, 7) is 11.1. The number of nitrogens with zero attached hydrogens (tertiary/aromatic N) is 1. The van der Waals surface area contributed by atoms with Gasteiger partial charge in [-0.1, -0.05) is 26.0 Å². The minimum absolute atomic E-state index is 0.229. The predicted octanol–water partition coefficient (Wildman–Crippen LogP) is 3.33. The molecule has 0 aliphatic carbocycles. The number of halogens is 1. The first-order valence-corrected chi connectivity index (χ1v) is 8.45. The van der Waals surface area contributed by atoms with Gasteiger partial charge in [-0.25, -0.2) is 9.38 Å². The van der Waals surface area contributed by atoms with Crippen LogP contribution in [0.15, 0.2) is 29.3 Å². The van der Waals surface area contributed by atoms with Gasteiger partial charge in [-0.3, -0.25) is 0 Å². The Morgan fingerprint density at radius 2 is 2.04 bits per heavy atom. The van der Waals surface area contributed by atoms with Crippen LogP contribution in [0.1, 0.15) is 39.7 Å². The van der Waals surface area contributed by atoms with Gasteiger partial charge in [0.15, 0.2) is 5.96 Å². The highest BCUT2D eigenvalue weighted by Crippen LogP contribution is 2.10. The Balaban J connectivity index is 2.52. The van der Waals surface area contributed by atoms with Crippen molar-refractivity contribution in [2.45, 2.75) is 46.8 Å². The van der Waals surface area contributed by atoms with Gasteiger partial charge in [-0.05, 0) is 43.9 Å². The molecular weight excluding hydrogens is 293 g/mol. The van der Waals surface area contributed by atoms with E-state index in [0.29, 0.717) is 12.5 Å². The normalized spacial score (nSPS) is 13.2. The van der Waals surface area contributed by atoms with Crippen LogP contribution >= 0.6 is 0 Å². The van der Waals surface area contributed by atoms with Gasteiger partial charge < -0.3 is 15.4 Å². The second-order valence-corrected chi connectivity index (χ2v) is 5.78. The number of benzene rings is 1. The van der Waals surface area contributed by atoms with Crippen molar-refractivity contribution in [3.8, 4) is 0 Å². The Hall–Kier alpha value is -1.62. The number of nitrogens with one attached hydrogen (secondary N) is 2. The van der Waals surface area contributed by atoms with Crippen LogP contribution in [0.3, 0.4) is 0 Å². The van der Waals surface area contributed by atoms with Crippen LogP contribution in [0.4, 0.5) is 4.39 Å². The van der Waals surface area contributed by atoms with Crippen LogP contribution in [-0.4, -0.2) is 31.8 Å². The monoisotopic (exact) mass is 323 g/mol. The number of guanidine groups is 1. The Bertz CT molecular complexity index is 477. The second kappa shape index (κ2) is 11.0. The molecule has 1 atom stereocenters. The molecule has 0 bridgehead atoms. The van der Waals surface area contributed by atoms with E-state index in [0.717, 1.165) is 37.6 Å². The van der Waals surface area contributed by atoms with Crippen molar-refractivity contribution < 1.29 is 9.13 Å². The number of hydrogen-bond donors (Lipinski definition) is 2. The van der Waals surface area contributed by atoms with Crippen LogP contribution in [0.2, 0.25) is 0 Å². The van der Waals surface area contributed by atoms with Gasteiger partial charge >= 0.3 is 0 Å².